The van der Waals surface area contributed by atoms with Gasteiger partial charge in [0, 0.05) is 18.3 Å². The lowest BCUT2D eigenvalue weighted by atomic mass is 10.1. The molecule has 0 fully saturated rings. The first-order valence-electron chi connectivity index (χ1n) is 6.87. The van der Waals surface area contributed by atoms with Crippen molar-refractivity contribution in [2.75, 3.05) is 11.9 Å². The zero-order chi connectivity index (χ0) is 15.2. The topological polar surface area (TPSA) is 54.0 Å². The molecular weight excluding hydrogens is 269 g/mol. The lowest BCUT2D eigenvalue weighted by molar-refractivity contribution is 0.0939. The molecule has 1 heterocycles. The normalized spacial score (nSPS) is 11.8. The van der Waals surface area contributed by atoms with Gasteiger partial charge >= 0.3 is 0 Å². The molecule has 2 N–H and O–H groups in total. The number of carbonyl (C=O) groups excluding carboxylic acids is 1. The second-order valence-corrected chi connectivity index (χ2v) is 4.68. The molecule has 4 nitrogen and oxygen atoms in total. The van der Waals surface area contributed by atoms with E-state index in [1.807, 2.05) is 6.92 Å². The number of halogens is 1. The minimum absolute atomic E-state index is 0.277. The van der Waals surface area contributed by atoms with Crippen LogP contribution < -0.4 is 10.6 Å². The van der Waals surface area contributed by atoms with Gasteiger partial charge in [0.15, 0.2) is 0 Å². The highest BCUT2D eigenvalue weighted by atomic mass is 19.1. The largest absolute Gasteiger partial charge is 0.370 e. The molecule has 0 aliphatic heterocycles. The van der Waals surface area contributed by atoms with Crippen LogP contribution in [0.15, 0.2) is 42.6 Å². The number of rotatable bonds is 5. The average molecular weight is 287 g/mol. The van der Waals surface area contributed by atoms with Gasteiger partial charge in [0.05, 0.1) is 11.6 Å². The minimum atomic E-state index is -0.410. The highest BCUT2D eigenvalue weighted by molar-refractivity contribution is 5.94. The van der Waals surface area contributed by atoms with E-state index in [9.17, 15) is 9.18 Å². The number of hydrogen-bond donors (Lipinski definition) is 2. The molecule has 1 amide bonds. The third-order valence-corrected chi connectivity index (χ3v) is 3.10. The van der Waals surface area contributed by atoms with Crippen molar-refractivity contribution >= 4 is 11.7 Å². The smallest absolute Gasteiger partial charge is 0.253 e. The Bertz CT molecular complexity index is 613. The fourth-order valence-electron chi connectivity index (χ4n) is 2.00. The number of amides is 1. The van der Waals surface area contributed by atoms with Crippen LogP contribution in [0.3, 0.4) is 0 Å². The third-order valence-electron chi connectivity index (χ3n) is 3.10. The Labute approximate surface area is 123 Å². The number of benzene rings is 1. The monoisotopic (exact) mass is 287 g/mol. The van der Waals surface area contributed by atoms with E-state index in [1.54, 1.807) is 37.3 Å². The Morgan fingerprint density at radius 2 is 2.05 bits per heavy atom. The molecule has 0 saturated heterocycles. The molecule has 0 aliphatic rings. The maximum Gasteiger partial charge on any atom is 0.253 e. The second kappa shape index (κ2) is 6.83. The number of nitrogens with zero attached hydrogens (tertiary/aromatic N) is 1. The maximum atomic E-state index is 13.7. The van der Waals surface area contributed by atoms with Crippen LogP contribution in [-0.4, -0.2) is 17.4 Å². The number of carbonyl (C=O) groups is 1. The van der Waals surface area contributed by atoms with Crippen molar-refractivity contribution < 1.29 is 9.18 Å². The Kier molecular flexibility index (Phi) is 4.87. The molecular formula is C16H18FN3O. The van der Waals surface area contributed by atoms with Gasteiger partial charge in [0.2, 0.25) is 0 Å². The number of nitrogens with one attached hydrogen (secondary N) is 2. The van der Waals surface area contributed by atoms with Crippen molar-refractivity contribution in [1.82, 2.24) is 10.3 Å². The van der Waals surface area contributed by atoms with Gasteiger partial charge < -0.3 is 10.6 Å². The first kappa shape index (κ1) is 15.0. The van der Waals surface area contributed by atoms with E-state index in [-0.39, 0.29) is 11.7 Å². The number of aromatic nitrogens is 1. The van der Waals surface area contributed by atoms with E-state index in [4.69, 9.17) is 0 Å². The van der Waals surface area contributed by atoms with Crippen LogP contribution >= 0.6 is 0 Å². The van der Waals surface area contributed by atoms with Gasteiger partial charge in [0.1, 0.15) is 11.6 Å². The Hall–Kier alpha value is -2.43. The molecule has 1 atom stereocenters. The Morgan fingerprint density at radius 3 is 2.67 bits per heavy atom. The molecule has 0 saturated carbocycles. The summed E-state index contributed by atoms with van der Waals surface area (Å²) in [5.41, 5.74) is 0.905. The van der Waals surface area contributed by atoms with Crippen molar-refractivity contribution in [2.45, 2.75) is 19.9 Å². The predicted molar refractivity (Wildman–Crippen MR) is 80.7 cm³/mol. The van der Waals surface area contributed by atoms with Crippen LogP contribution in [0.2, 0.25) is 0 Å². The van der Waals surface area contributed by atoms with Crippen LogP contribution in [0.1, 0.15) is 35.8 Å². The molecule has 2 aromatic rings. The quantitative estimate of drug-likeness (QED) is 0.888. The lowest BCUT2D eigenvalue weighted by Crippen LogP contribution is -2.27. The van der Waals surface area contributed by atoms with Crippen molar-refractivity contribution in [1.29, 1.82) is 0 Å². The average Bonchev–Trinajstić information content (AvgIpc) is 2.48. The van der Waals surface area contributed by atoms with Gasteiger partial charge in [-0.05, 0) is 32.0 Å². The van der Waals surface area contributed by atoms with Crippen molar-refractivity contribution in [3.8, 4) is 0 Å². The van der Waals surface area contributed by atoms with Crippen LogP contribution in [0.5, 0.6) is 0 Å². The summed E-state index contributed by atoms with van der Waals surface area (Å²) in [7, 11) is 0. The molecule has 21 heavy (non-hydrogen) atoms. The Balaban J connectivity index is 2.05. The van der Waals surface area contributed by atoms with Crippen molar-refractivity contribution in [2.24, 2.45) is 0 Å². The lowest BCUT2D eigenvalue weighted by Gasteiger charge is -2.15. The van der Waals surface area contributed by atoms with E-state index in [2.05, 4.69) is 15.6 Å². The molecule has 1 aromatic carbocycles. The van der Waals surface area contributed by atoms with E-state index in [0.29, 0.717) is 11.1 Å². The van der Waals surface area contributed by atoms with Crippen LogP contribution in [-0.2, 0) is 0 Å². The minimum Gasteiger partial charge on any atom is -0.370 e. The van der Waals surface area contributed by atoms with E-state index in [0.717, 1.165) is 12.4 Å². The van der Waals surface area contributed by atoms with Gasteiger partial charge in [-0.1, -0.05) is 18.2 Å². The molecule has 5 heteroatoms. The Morgan fingerprint density at radius 1 is 1.29 bits per heavy atom. The van der Waals surface area contributed by atoms with Gasteiger partial charge in [-0.2, -0.15) is 0 Å². The molecule has 2 rings (SSSR count). The van der Waals surface area contributed by atoms with Crippen LogP contribution in [0, 0.1) is 5.82 Å². The summed E-state index contributed by atoms with van der Waals surface area (Å²) >= 11 is 0. The SMILES string of the molecule is CCNc1ccc(C(=O)NC(C)c2ccccc2F)cn1. The first-order valence-corrected chi connectivity index (χ1v) is 6.87. The van der Waals surface area contributed by atoms with Gasteiger partial charge in [-0.15, -0.1) is 0 Å². The van der Waals surface area contributed by atoms with E-state index >= 15 is 0 Å². The summed E-state index contributed by atoms with van der Waals surface area (Å²) in [4.78, 5) is 16.3. The summed E-state index contributed by atoms with van der Waals surface area (Å²) in [6, 6.07) is 9.43. The molecule has 0 bridgehead atoms. The maximum absolute atomic E-state index is 13.7. The summed E-state index contributed by atoms with van der Waals surface area (Å²) in [5, 5.41) is 5.82. The van der Waals surface area contributed by atoms with Gasteiger partial charge in [0.25, 0.3) is 5.91 Å². The van der Waals surface area contributed by atoms with Crippen molar-refractivity contribution in [3.63, 3.8) is 0 Å². The molecule has 0 aliphatic carbocycles. The van der Waals surface area contributed by atoms with Gasteiger partial charge in [-0.3, -0.25) is 4.79 Å². The first-order chi connectivity index (χ1) is 10.1. The fraction of sp³-hybridized carbons (Fsp3) is 0.250. The number of anilines is 1. The molecule has 110 valence electrons. The number of hydrogen-bond acceptors (Lipinski definition) is 3. The van der Waals surface area contributed by atoms with Gasteiger partial charge in [-0.25, -0.2) is 9.37 Å². The number of pyridine rings is 1. The van der Waals surface area contributed by atoms with Crippen LogP contribution in [0.25, 0.3) is 0 Å². The zero-order valence-corrected chi connectivity index (χ0v) is 12.1. The molecule has 1 unspecified atom stereocenters. The predicted octanol–water partition coefficient (Wildman–Crippen LogP) is 3.14. The highest BCUT2D eigenvalue weighted by Crippen LogP contribution is 2.16. The molecule has 0 spiro atoms. The molecule has 0 radical (unpaired) electrons. The van der Waals surface area contributed by atoms with E-state index < -0.39 is 6.04 Å². The standard InChI is InChI=1S/C16H18FN3O/c1-3-18-15-9-8-12(10-19-15)16(21)20-11(2)13-6-4-5-7-14(13)17/h4-11H,3H2,1-2H3,(H,18,19)(H,20,21). The second-order valence-electron chi connectivity index (χ2n) is 4.68. The summed E-state index contributed by atoms with van der Waals surface area (Å²) < 4.78 is 13.7. The van der Waals surface area contributed by atoms with Crippen LogP contribution in [0.4, 0.5) is 10.2 Å². The highest BCUT2D eigenvalue weighted by Gasteiger charge is 2.14. The summed E-state index contributed by atoms with van der Waals surface area (Å²) in [6.07, 6.45) is 1.50. The summed E-state index contributed by atoms with van der Waals surface area (Å²) in [5.74, 6) is 0.114. The zero-order valence-electron chi connectivity index (χ0n) is 12.1. The fourth-order valence-corrected chi connectivity index (χ4v) is 2.00. The third kappa shape index (κ3) is 3.78. The summed E-state index contributed by atoms with van der Waals surface area (Å²) in [6.45, 7) is 4.48. The van der Waals surface area contributed by atoms with E-state index in [1.165, 1.54) is 12.3 Å². The molecule has 1 aromatic heterocycles. The van der Waals surface area contributed by atoms with Crippen molar-refractivity contribution in [3.05, 3.63) is 59.5 Å².